The smallest absolute Gasteiger partial charge is 0.214 e. The minimum atomic E-state index is -1.72. The van der Waals surface area contributed by atoms with E-state index in [2.05, 4.69) is 0 Å². The van der Waals surface area contributed by atoms with Crippen LogP contribution in [-0.2, 0) is 26.2 Å². The van der Waals surface area contributed by atoms with Crippen molar-refractivity contribution in [3.8, 4) is 0 Å². The minimum absolute atomic E-state index is 0. The molecule has 0 aromatic rings. The normalized spacial score (nSPS) is 5.40. The third-order valence-corrected chi connectivity index (χ3v) is 0. The van der Waals surface area contributed by atoms with Gasteiger partial charge in [-0.2, -0.15) is 0 Å². The molecule has 0 aromatic carbocycles. The van der Waals surface area contributed by atoms with Crippen molar-refractivity contribution in [2.45, 2.75) is 0 Å². The molecule has 0 fully saturated rings. The Labute approximate surface area is 66.9 Å². The Bertz CT molecular complexity index is 11.6. The summed E-state index contributed by atoms with van der Waals surface area (Å²) in [7, 11) is 14.8. The second kappa shape index (κ2) is 6.29. The van der Waals surface area contributed by atoms with Crippen LogP contribution in [0.3, 0.4) is 0 Å². The molecule has 0 aliphatic heterocycles. The van der Waals surface area contributed by atoms with E-state index < -0.39 is 11.4 Å². The van der Waals surface area contributed by atoms with Crippen LogP contribution >= 0.6 is 30.1 Å². The van der Waals surface area contributed by atoms with Crippen molar-refractivity contribution < 1.29 is 26.2 Å². The summed E-state index contributed by atoms with van der Waals surface area (Å²) in [5, 5.41) is 0. The van der Waals surface area contributed by atoms with Gasteiger partial charge in [0.25, 0.3) is 0 Å². The number of hydrogen-bond donors (Lipinski definition) is 0. The Hall–Kier alpha value is 2.29. The van der Waals surface area contributed by atoms with Crippen LogP contribution in [0.1, 0.15) is 0 Å². The maximum Gasteiger partial charge on any atom is 0.643 e. The summed E-state index contributed by atoms with van der Waals surface area (Å²) in [6, 6.07) is 0. The van der Waals surface area contributed by atoms with E-state index in [1.165, 1.54) is 0 Å². The van der Waals surface area contributed by atoms with Crippen molar-refractivity contribution in [2.24, 2.45) is 0 Å². The van der Waals surface area contributed by atoms with Crippen LogP contribution < -0.4 is 0 Å². The molecule has 5 heavy (non-hydrogen) atoms. The van der Waals surface area contributed by atoms with Gasteiger partial charge in [0.15, 0.2) is 0 Å². The van der Waals surface area contributed by atoms with Crippen molar-refractivity contribution in [2.75, 3.05) is 0 Å². The first-order chi connectivity index (χ1) is 1.73. The summed E-state index contributed by atoms with van der Waals surface area (Å²) in [6.07, 6.45) is 0. The van der Waals surface area contributed by atoms with Gasteiger partial charge in [-0.1, -0.05) is 0 Å². The molecule has 0 aliphatic rings. The monoisotopic (exact) mass is 222 g/mol. The van der Waals surface area contributed by atoms with E-state index in [4.69, 9.17) is 30.1 Å². The maximum atomic E-state index is 4.94. The molecule has 5 heteroatoms. The Balaban J connectivity index is 0. The molecule has 0 N–H and O–H groups in total. The van der Waals surface area contributed by atoms with Crippen LogP contribution in [0.4, 0.5) is 0 Å². The summed E-state index contributed by atoms with van der Waals surface area (Å²) in [4.78, 5) is 0. The SMILES string of the molecule is [Cl][Al]([Cl])[Cl].[Zr]. The minimum Gasteiger partial charge on any atom is -0.214 e. The average molecular weight is 225 g/mol. The van der Waals surface area contributed by atoms with Crippen molar-refractivity contribution in [3.63, 3.8) is 0 Å². The molecule has 0 saturated carbocycles. The zero-order valence-electron chi connectivity index (χ0n) is 2.21. The van der Waals surface area contributed by atoms with Crippen LogP contribution in [0.5, 0.6) is 0 Å². The Morgan fingerprint density at radius 3 is 1.00 bits per heavy atom. The zero-order valence-corrected chi connectivity index (χ0v) is 8.09. The van der Waals surface area contributed by atoms with Gasteiger partial charge in [-0.05, 0) is 0 Å². The standard InChI is InChI=1S/Al.3ClH.Zr/h;3*1H;/q+3;;;;/p-3. The van der Waals surface area contributed by atoms with Crippen molar-refractivity contribution in [1.82, 2.24) is 0 Å². The van der Waals surface area contributed by atoms with Gasteiger partial charge in [0, 0.05) is 26.2 Å². The zero-order chi connectivity index (χ0) is 3.58. The van der Waals surface area contributed by atoms with Gasteiger partial charge < -0.3 is 0 Å². The molecule has 0 spiro atoms. The average Bonchev–Trinajstić information content (AvgIpc) is 0.811. The third-order valence-electron chi connectivity index (χ3n) is 0. The molecule has 0 unspecified atom stereocenters. The summed E-state index contributed by atoms with van der Waals surface area (Å²) < 4.78 is 0. The fourth-order valence-electron chi connectivity index (χ4n) is 0. The fourth-order valence-corrected chi connectivity index (χ4v) is 0. The van der Waals surface area contributed by atoms with Gasteiger partial charge in [-0.25, -0.2) is 30.1 Å². The van der Waals surface area contributed by atoms with Crippen LogP contribution in [-0.4, -0.2) is 11.4 Å². The molecule has 0 atom stereocenters. The summed E-state index contributed by atoms with van der Waals surface area (Å²) in [5.41, 5.74) is 0. The summed E-state index contributed by atoms with van der Waals surface area (Å²) in [6.45, 7) is 0. The van der Waals surface area contributed by atoms with E-state index in [-0.39, 0.29) is 26.2 Å². The molecule has 0 amide bonds. The maximum absolute atomic E-state index is 4.94. The fraction of sp³-hybridized carbons (Fsp3) is 0. The van der Waals surface area contributed by atoms with Crippen LogP contribution in [0, 0.1) is 0 Å². The molecule has 0 bridgehead atoms. The number of rotatable bonds is 0. The molecule has 0 radical (unpaired) electrons. The molecule has 0 aromatic heterocycles. The van der Waals surface area contributed by atoms with Gasteiger partial charge >= 0.3 is 11.4 Å². The van der Waals surface area contributed by atoms with Crippen LogP contribution in [0.2, 0.25) is 0 Å². The first kappa shape index (κ1) is 10.3. The second-order valence-corrected chi connectivity index (χ2v) is 6.68. The van der Waals surface area contributed by atoms with Gasteiger partial charge in [0.05, 0.1) is 0 Å². The Kier molecular flexibility index (Phi) is 13.0. The predicted octanol–water partition coefficient (Wildman–Crippen LogP) is 1.69. The van der Waals surface area contributed by atoms with Gasteiger partial charge in [-0.15, -0.1) is 0 Å². The van der Waals surface area contributed by atoms with E-state index >= 15 is 0 Å². The topological polar surface area (TPSA) is 0 Å². The first-order valence-electron chi connectivity index (χ1n) is 0.655. The van der Waals surface area contributed by atoms with E-state index in [1.54, 1.807) is 0 Å². The van der Waals surface area contributed by atoms with Crippen LogP contribution in [0.15, 0.2) is 0 Å². The van der Waals surface area contributed by atoms with E-state index in [1.807, 2.05) is 0 Å². The van der Waals surface area contributed by atoms with Crippen molar-refractivity contribution in [3.05, 3.63) is 0 Å². The molecule has 0 nitrogen and oxygen atoms in total. The van der Waals surface area contributed by atoms with Crippen LogP contribution in [0.25, 0.3) is 0 Å². The van der Waals surface area contributed by atoms with E-state index in [0.717, 1.165) is 0 Å². The summed E-state index contributed by atoms with van der Waals surface area (Å²) in [5.74, 6) is 0. The van der Waals surface area contributed by atoms with Crippen molar-refractivity contribution in [1.29, 1.82) is 0 Å². The van der Waals surface area contributed by atoms with E-state index in [9.17, 15) is 0 Å². The summed E-state index contributed by atoms with van der Waals surface area (Å²) >= 11 is -1.72. The second-order valence-electron chi connectivity index (χ2n) is 0.247. The molecule has 0 rings (SSSR count). The molecule has 0 aliphatic carbocycles. The van der Waals surface area contributed by atoms with Crippen molar-refractivity contribution >= 4 is 41.5 Å². The van der Waals surface area contributed by atoms with Gasteiger partial charge in [-0.3, -0.25) is 0 Å². The molecule has 0 saturated heterocycles. The molecule has 28 valence electrons. The predicted molar refractivity (Wildman–Crippen MR) is 23.3 cm³/mol. The molecular formula is AlCl3Zr. The van der Waals surface area contributed by atoms with E-state index in [0.29, 0.717) is 0 Å². The van der Waals surface area contributed by atoms with Gasteiger partial charge in [0.1, 0.15) is 0 Å². The quantitative estimate of drug-likeness (QED) is 0.550. The Morgan fingerprint density at radius 1 is 1.00 bits per heavy atom. The third kappa shape index (κ3) is 22.1. The largest absolute Gasteiger partial charge is 0.643 e. The molecular weight excluding hydrogens is 225 g/mol. The number of halogens is 3. The Morgan fingerprint density at radius 2 is 1.00 bits per heavy atom. The first-order valence-corrected chi connectivity index (χ1v) is 5.89. The number of hydrogen-bond acceptors (Lipinski definition) is 0. The molecule has 0 heterocycles. The van der Waals surface area contributed by atoms with Gasteiger partial charge in [0.2, 0.25) is 0 Å².